The van der Waals surface area contributed by atoms with E-state index in [1.54, 1.807) is 0 Å². The third-order valence-corrected chi connectivity index (χ3v) is 3.98. The standard InChI is InChI=1S/C12H22O11.C2H4O2/c13-1-3-5(15)6(16)9(19)12(22-3)23-10-4(2-14)21-11(20)8(18)7(10)17;1-2(3)4/h3-20H,1-2H2;1H3,(H,3,4). The zero-order valence-electron chi connectivity index (χ0n) is 14.3. The minimum atomic E-state index is -1.74. The first kappa shape index (κ1) is 24.1. The van der Waals surface area contributed by atoms with E-state index in [9.17, 15) is 35.7 Å². The molecule has 0 amide bonds. The summed E-state index contributed by atoms with van der Waals surface area (Å²) in [6, 6.07) is 0. The number of carbonyl (C=O) groups is 1. The predicted molar refractivity (Wildman–Crippen MR) is 81.9 cm³/mol. The number of hydrogen-bond acceptors (Lipinski definition) is 12. The molecule has 2 heterocycles. The molecule has 13 nitrogen and oxygen atoms in total. The summed E-state index contributed by atoms with van der Waals surface area (Å²) in [4.78, 5) is 9.00. The van der Waals surface area contributed by atoms with Gasteiger partial charge in [-0.25, -0.2) is 0 Å². The number of aliphatic hydroxyl groups is 8. The quantitative estimate of drug-likeness (QED) is 0.214. The molecule has 9 N–H and O–H groups in total. The molecule has 0 aromatic rings. The average molecular weight is 402 g/mol. The highest BCUT2D eigenvalue weighted by atomic mass is 16.7. The lowest BCUT2D eigenvalue weighted by Gasteiger charge is -2.45. The van der Waals surface area contributed by atoms with Crippen molar-refractivity contribution in [3.63, 3.8) is 0 Å². The highest BCUT2D eigenvalue weighted by Crippen LogP contribution is 2.28. The van der Waals surface area contributed by atoms with E-state index in [0.29, 0.717) is 0 Å². The van der Waals surface area contributed by atoms with Gasteiger partial charge in [0.2, 0.25) is 0 Å². The maximum atomic E-state index is 9.94. The molecule has 160 valence electrons. The topological polar surface area (TPSA) is 227 Å². The first-order valence-electron chi connectivity index (χ1n) is 8.01. The van der Waals surface area contributed by atoms with Gasteiger partial charge in [0.25, 0.3) is 5.97 Å². The molecule has 2 saturated heterocycles. The molecule has 2 fully saturated rings. The Morgan fingerprint density at radius 2 is 1.33 bits per heavy atom. The monoisotopic (exact) mass is 402 g/mol. The van der Waals surface area contributed by atoms with Gasteiger partial charge in [-0.1, -0.05) is 0 Å². The third-order valence-electron chi connectivity index (χ3n) is 3.98. The van der Waals surface area contributed by atoms with Gasteiger partial charge in [-0.3, -0.25) is 4.79 Å². The first-order chi connectivity index (χ1) is 12.5. The number of rotatable bonds is 4. The van der Waals surface area contributed by atoms with Gasteiger partial charge in [-0.2, -0.15) is 0 Å². The minimum Gasteiger partial charge on any atom is -0.481 e. The second-order valence-corrected chi connectivity index (χ2v) is 6.05. The van der Waals surface area contributed by atoms with Gasteiger partial charge < -0.3 is 60.2 Å². The van der Waals surface area contributed by atoms with Crippen LogP contribution in [0.4, 0.5) is 0 Å². The van der Waals surface area contributed by atoms with Gasteiger partial charge in [0.1, 0.15) is 48.8 Å². The van der Waals surface area contributed by atoms with Crippen LogP contribution in [0.1, 0.15) is 6.92 Å². The van der Waals surface area contributed by atoms with Crippen molar-refractivity contribution in [3.05, 3.63) is 0 Å². The lowest BCUT2D eigenvalue weighted by atomic mass is 9.97. The van der Waals surface area contributed by atoms with Crippen LogP contribution in [-0.2, 0) is 19.0 Å². The molecule has 0 saturated carbocycles. The van der Waals surface area contributed by atoms with E-state index in [0.717, 1.165) is 6.92 Å². The number of hydrogen-bond donors (Lipinski definition) is 9. The van der Waals surface area contributed by atoms with Crippen molar-refractivity contribution in [1.29, 1.82) is 0 Å². The molecule has 13 heteroatoms. The van der Waals surface area contributed by atoms with Gasteiger partial charge in [0.05, 0.1) is 13.2 Å². The lowest BCUT2D eigenvalue weighted by Crippen LogP contribution is -2.64. The van der Waals surface area contributed by atoms with Crippen LogP contribution in [0.3, 0.4) is 0 Å². The van der Waals surface area contributed by atoms with E-state index in [2.05, 4.69) is 0 Å². The normalized spacial score (nSPS) is 44.9. The SMILES string of the molecule is CC(=O)O.OCC1OC(OC2C(CO)OC(O)C(O)C2O)C(O)C(O)C1O. The fourth-order valence-corrected chi connectivity index (χ4v) is 2.57. The van der Waals surface area contributed by atoms with Crippen molar-refractivity contribution in [2.45, 2.75) is 68.3 Å². The third kappa shape index (κ3) is 6.00. The number of carboxylic acids is 1. The van der Waals surface area contributed by atoms with Crippen molar-refractivity contribution in [1.82, 2.24) is 0 Å². The average Bonchev–Trinajstić information content (AvgIpc) is 2.61. The van der Waals surface area contributed by atoms with Crippen molar-refractivity contribution < 1.29 is 65.0 Å². The van der Waals surface area contributed by atoms with Crippen molar-refractivity contribution >= 4 is 5.97 Å². The molecular formula is C14H26O13. The summed E-state index contributed by atoms with van der Waals surface area (Å²) in [5, 5.41) is 83.9. The fraction of sp³-hybridized carbons (Fsp3) is 0.929. The molecule has 10 unspecified atom stereocenters. The van der Waals surface area contributed by atoms with Crippen molar-refractivity contribution in [2.24, 2.45) is 0 Å². The second-order valence-electron chi connectivity index (χ2n) is 6.05. The first-order valence-corrected chi connectivity index (χ1v) is 8.01. The summed E-state index contributed by atoms with van der Waals surface area (Å²) in [6.45, 7) is -0.262. The number of aliphatic carboxylic acids is 1. The Morgan fingerprint density at radius 3 is 1.81 bits per heavy atom. The lowest BCUT2D eigenvalue weighted by molar-refractivity contribution is -0.355. The Hall–Kier alpha value is -0.970. The summed E-state index contributed by atoms with van der Waals surface area (Å²) in [6.07, 6.45) is -15.6. The van der Waals surface area contributed by atoms with Gasteiger partial charge in [0.15, 0.2) is 12.6 Å². The maximum absolute atomic E-state index is 9.94. The molecule has 0 aromatic heterocycles. The summed E-state index contributed by atoms with van der Waals surface area (Å²) in [7, 11) is 0. The van der Waals surface area contributed by atoms with E-state index >= 15 is 0 Å². The minimum absolute atomic E-state index is 0.667. The molecule has 10 atom stereocenters. The Morgan fingerprint density at radius 1 is 0.815 bits per heavy atom. The van der Waals surface area contributed by atoms with E-state index < -0.39 is 80.6 Å². The van der Waals surface area contributed by atoms with Crippen LogP contribution in [0.25, 0.3) is 0 Å². The molecule has 0 aromatic carbocycles. The molecule has 2 aliphatic heterocycles. The smallest absolute Gasteiger partial charge is 0.300 e. The van der Waals surface area contributed by atoms with E-state index in [1.165, 1.54) is 0 Å². The second kappa shape index (κ2) is 10.5. The summed E-state index contributed by atoms with van der Waals surface area (Å²) >= 11 is 0. The van der Waals surface area contributed by atoms with E-state index in [4.69, 9.17) is 29.2 Å². The molecule has 0 spiro atoms. The van der Waals surface area contributed by atoms with Crippen LogP contribution in [0.5, 0.6) is 0 Å². The van der Waals surface area contributed by atoms with E-state index in [1.807, 2.05) is 0 Å². The molecule has 27 heavy (non-hydrogen) atoms. The maximum Gasteiger partial charge on any atom is 0.300 e. The Balaban J connectivity index is 0.000000828. The van der Waals surface area contributed by atoms with Crippen molar-refractivity contribution in [2.75, 3.05) is 13.2 Å². The van der Waals surface area contributed by atoms with Gasteiger partial charge in [-0.05, 0) is 0 Å². The van der Waals surface area contributed by atoms with Crippen molar-refractivity contribution in [3.8, 4) is 0 Å². The Bertz CT molecular complexity index is 454. The van der Waals surface area contributed by atoms with Gasteiger partial charge >= 0.3 is 0 Å². The zero-order chi connectivity index (χ0) is 20.9. The molecule has 0 bridgehead atoms. The summed E-state index contributed by atoms with van der Waals surface area (Å²) in [5.41, 5.74) is 0. The molecule has 0 aliphatic carbocycles. The highest BCUT2D eigenvalue weighted by Gasteiger charge is 2.50. The van der Waals surface area contributed by atoms with Gasteiger partial charge in [-0.15, -0.1) is 0 Å². The molecular weight excluding hydrogens is 376 g/mol. The van der Waals surface area contributed by atoms with Crippen LogP contribution in [0.2, 0.25) is 0 Å². The Kier molecular flexibility index (Phi) is 9.40. The number of carboxylic acid groups (broad SMARTS) is 1. The fourth-order valence-electron chi connectivity index (χ4n) is 2.57. The molecule has 0 radical (unpaired) electrons. The van der Waals surface area contributed by atoms with Crippen LogP contribution in [0, 0.1) is 0 Å². The van der Waals surface area contributed by atoms with E-state index in [-0.39, 0.29) is 0 Å². The van der Waals surface area contributed by atoms with Crippen LogP contribution in [0.15, 0.2) is 0 Å². The summed E-state index contributed by atoms with van der Waals surface area (Å²) in [5.74, 6) is -0.833. The zero-order valence-corrected chi connectivity index (χ0v) is 14.3. The van der Waals surface area contributed by atoms with Gasteiger partial charge in [0, 0.05) is 6.92 Å². The number of aliphatic hydroxyl groups excluding tert-OH is 8. The Labute approximate surface area is 153 Å². The van der Waals surface area contributed by atoms with Crippen LogP contribution in [-0.4, -0.2) is 127 Å². The molecule has 2 aliphatic rings. The summed E-state index contributed by atoms with van der Waals surface area (Å²) < 4.78 is 15.3. The highest BCUT2D eigenvalue weighted by molar-refractivity contribution is 5.62. The number of ether oxygens (including phenoxy) is 3. The largest absolute Gasteiger partial charge is 0.481 e. The van der Waals surface area contributed by atoms with Crippen LogP contribution >= 0.6 is 0 Å². The predicted octanol–water partition coefficient (Wildman–Crippen LogP) is -5.31. The molecule has 2 rings (SSSR count). The van der Waals surface area contributed by atoms with Crippen LogP contribution < -0.4 is 0 Å².